The number of sulfonamides is 1. The van der Waals surface area contributed by atoms with Gasteiger partial charge in [0.05, 0.1) is 11.4 Å². The van der Waals surface area contributed by atoms with Crippen molar-refractivity contribution < 1.29 is 13.2 Å². The Kier molecular flexibility index (Phi) is 7.02. The van der Waals surface area contributed by atoms with E-state index in [9.17, 15) is 13.2 Å². The van der Waals surface area contributed by atoms with E-state index in [1.165, 1.54) is 18.2 Å². The third kappa shape index (κ3) is 5.22. The third-order valence-corrected chi connectivity index (χ3v) is 5.39. The SMILES string of the molecule is Cc1ccc(S(=O)(=O)N(C/C=C/CCl)C(=O)C#Cc2ccccc2)cc1. The number of hydrogen-bond acceptors (Lipinski definition) is 3. The molecule has 0 aliphatic heterocycles. The number of hydrogen-bond donors (Lipinski definition) is 0. The lowest BCUT2D eigenvalue weighted by atomic mass is 10.2. The van der Waals surface area contributed by atoms with E-state index in [1.807, 2.05) is 13.0 Å². The number of allylic oxidation sites excluding steroid dienone is 1. The molecule has 0 aliphatic carbocycles. The molecule has 0 heterocycles. The average molecular weight is 388 g/mol. The summed E-state index contributed by atoms with van der Waals surface area (Å²) in [4.78, 5) is 12.5. The van der Waals surface area contributed by atoms with Gasteiger partial charge >= 0.3 is 5.91 Å². The summed E-state index contributed by atoms with van der Waals surface area (Å²) in [6.07, 6.45) is 3.11. The van der Waals surface area contributed by atoms with Crippen molar-refractivity contribution in [2.24, 2.45) is 0 Å². The molecule has 134 valence electrons. The molecule has 2 aromatic carbocycles. The molecule has 2 aromatic rings. The van der Waals surface area contributed by atoms with Crippen LogP contribution in [0.25, 0.3) is 0 Å². The molecule has 0 unspecified atom stereocenters. The van der Waals surface area contributed by atoms with Gasteiger partial charge in [0.1, 0.15) is 0 Å². The quantitative estimate of drug-likeness (QED) is 0.449. The van der Waals surface area contributed by atoms with E-state index in [0.717, 1.165) is 9.87 Å². The van der Waals surface area contributed by atoms with Crippen LogP contribution < -0.4 is 0 Å². The van der Waals surface area contributed by atoms with E-state index < -0.39 is 15.9 Å². The van der Waals surface area contributed by atoms with Crippen molar-refractivity contribution in [2.45, 2.75) is 11.8 Å². The highest BCUT2D eigenvalue weighted by Crippen LogP contribution is 2.16. The highest BCUT2D eigenvalue weighted by molar-refractivity contribution is 7.89. The van der Waals surface area contributed by atoms with Crippen LogP contribution in [0.15, 0.2) is 71.6 Å². The highest BCUT2D eigenvalue weighted by Gasteiger charge is 2.27. The number of nitrogens with zero attached hydrogens (tertiary/aromatic N) is 1. The first-order valence-corrected chi connectivity index (χ1v) is 9.84. The second-order valence-corrected chi connectivity index (χ2v) is 7.57. The maximum atomic E-state index is 12.9. The van der Waals surface area contributed by atoms with Crippen molar-refractivity contribution in [3.63, 3.8) is 0 Å². The summed E-state index contributed by atoms with van der Waals surface area (Å²) in [5, 5.41) is 0. The molecule has 6 heteroatoms. The van der Waals surface area contributed by atoms with Gasteiger partial charge in [0.2, 0.25) is 0 Å². The molecule has 0 N–H and O–H groups in total. The van der Waals surface area contributed by atoms with Gasteiger partial charge in [0, 0.05) is 17.4 Å². The number of halogens is 1. The molecular formula is C20H18ClNO3S. The summed E-state index contributed by atoms with van der Waals surface area (Å²) < 4.78 is 26.5. The Hall–Kier alpha value is -2.55. The van der Waals surface area contributed by atoms with Gasteiger partial charge in [-0.3, -0.25) is 4.79 Å². The number of carbonyl (C=O) groups is 1. The minimum Gasteiger partial charge on any atom is -0.258 e. The predicted molar refractivity (Wildman–Crippen MR) is 103 cm³/mol. The first-order valence-electron chi connectivity index (χ1n) is 7.86. The van der Waals surface area contributed by atoms with Crippen LogP contribution in [0.5, 0.6) is 0 Å². The molecule has 4 nitrogen and oxygen atoms in total. The Bertz CT molecular complexity index is 940. The fourth-order valence-corrected chi connectivity index (χ4v) is 3.48. The Labute approximate surface area is 159 Å². The highest BCUT2D eigenvalue weighted by atomic mass is 35.5. The summed E-state index contributed by atoms with van der Waals surface area (Å²) in [6.45, 7) is 1.72. The van der Waals surface area contributed by atoms with Crippen LogP contribution in [-0.4, -0.2) is 31.1 Å². The summed E-state index contributed by atoms with van der Waals surface area (Å²) >= 11 is 5.59. The maximum absolute atomic E-state index is 12.9. The number of amides is 1. The zero-order chi connectivity index (χ0) is 19.0. The second-order valence-electron chi connectivity index (χ2n) is 5.40. The standard InChI is InChI=1S/C20H18ClNO3S/c1-17-9-12-19(13-10-17)26(24,25)22(16-6-5-15-21)20(23)14-11-18-7-3-2-4-8-18/h2-10,12-13H,15-16H2,1H3/b6-5+. The minimum atomic E-state index is -4.01. The molecular weight excluding hydrogens is 370 g/mol. The monoisotopic (exact) mass is 387 g/mol. The Morgan fingerprint density at radius 1 is 1.08 bits per heavy atom. The summed E-state index contributed by atoms with van der Waals surface area (Å²) in [7, 11) is -4.01. The first kappa shape index (κ1) is 19.8. The van der Waals surface area contributed by atoms with Crippen molar-refractivity contribution in [2.75, 3.05) is 12.4 Å². The minimum absolute atomic E-state index is 0.0391. The van der Waals surface area contributed by atoms with Gasteiger partial charge in [-0.2, -0.15) is 0 Å². The van der Waals surface area contributed by atoms with Gasteiger partial charge in [-0.25, -0.2) is 12.7 Å². The number of carbonyl (C=O) groups excluding carboxylic acids is 1. The molecule has 0 fully saturated rings. The zero-order valence-corrected chi connectivity index (χ0v) is 15.8. The molecule has 2 rings (SSSR count). The van der Waals surface area contributed by atoms with Crippen LogP contribution in [0.4, 0.5) is 0 Å². The van der Waals surface area contributed by atoms with Crippen LogP contribution in [0.2, 0.25) is 0 Å². The molecule has 0 spiro atoms. The molecule has 0 saturated heterocycles. The van der Waals surface area contributed by atoms with Crippen molar-refractivity contribution in [3.05, 3.63) is 77.9 Å². The zero-order valence-electron chi connectivity index (χ0n) is 14.2. The van der Waals surface area contributed by atoms with Crippen LogP contribution in [0.3, 0.4) is 0 Å². The molecule has 0 radical (unpaired) electrons. The Balaban J connectivity index is 2.36. The van der Waals surface area contributed by atoms with E-state index in [1.54, 1.807) is 42.5 Å². The van der Waals surface area contributed by atoms with E-state index in [2.05, 4.69) is 11.8 Å². The van der Waals surface area contributed by atoms with E-state index >= 15 is 0 Å². The number of alkyl halides is 1. The van der Waals surface area contributed by atoms with Gasteiger partial charge in [0.25, 0.3) is 10.0 Å². The van der Waals surface area contributed by atoms with Crippen LogP contribution >= 0.6 is 11.6 Å². The molecule has 26 heavy (non-hydrogen) atoms. The van der Waals surface area contributed by atoms with Gasteiger partial charge in [-0.05, 0) is 31.2 Å². The fourth-order valence-electron chi connectivity index (χ4n) is 2.07. The molecule has 0 atom stereocenters. The van der Waals surface area contributed by atoms with Crippen molar-refractivity contribution in [1.82, 2.24) is 4.31 Å². The average Bonchev–Trinajstić information content (AvgIpc) is 2.64. The lowest BCUT2D eigenvalue weighted by Gasteiger charge is -2.18. The summed E-state index contributed by atoms with van der Waals surface area (Å²) in [5.41, 5.74) is 1.55. The predicted octanol–water partition coefficient (Wildman–Crippen LogP) is 3.36. The van der Waals surface area contributed by atoms with E-state index in [-0.39, 0.29) is 17.3 Å². The lowest BCUT2D eigenvalue weighted by molar-refractivity contribution is -0.120. The van der Waals surface area contributed by atoms with Crippen LogP contribution in [-0.2, 0) is 14.8 Å². The van der Waals surface area contributed by atoms with Crippen molar-refractivity contribution >= 4 is 27.5 Å². The molecule has 0 saturated carbocycles. The molecule has 1 amide bonds. The number of benzene rings is 2. The topological polar surface area (TPSA) is 54.5 Å². The summed E-state index contributed by atoms with van der Waals surface area (Å²) in [6, 6.07) is 15.2. The molecule has 0 aliphatic rings. The van der Waals surface area contributed by atoms with E-state index in [0.29, 0.717) is 5.56 Å². The van der Waals surface area contributed by atoms with Crippen LogP contribution in [0, 0.1) is 18.8 Å². The maximum Gasteiger partial charge on any atom is 0.312 e. The number of rotatable bonds is 5. The van der Waals surface area contributed by atoms with Gasteiger partial charge in [-0.1, -0.05) is 54.0 Å². The van der Waals surface area contributed by atoms with Crippen molar-refractivity contribution in [1.29, 1.82) is 0 Å². The normalized spacial score (nSPS) is 11.0. The second kappa shape index (κ2) is 9.23. The Morgan fingerprint density at radius 2 is 1.73 bits per heavy atom. The first-order chi connectivity index (χ1) is 12.4. The van der Waals surface area contributed by atoms with Crippen LogP contribution in [0.1, 0.15) is 11.1 Å². The molecule has 0 bridgehead atoms. The van der Waals surface area contributed by atoms with Crippen molar-refractivity contribution in [3.8, 4) is 11.8 Å². The van der Waals surface area contributed by atoms with Gasteiger partial charge < -0.3 is 0 Å². The largest absolute Gasteiger partial charge is 0.312 e. The van der Waals surface area contributed by atoms with Gasteiger partial charge in [-0.15, -0.1) is 11.6 Å². The number of aryl methyl sites for hydroxylation is 1. The fraction of sp³-hybridized carbons (Fsp3) is 0.150. The van der Waals surface area contributed by atoms with E-state index in [4.69, 9.17) is 11.6 Å². The summed E-state index contributed by atoms with van der Waals surface area (Å²) in [5.74, 6) is 4.52. The third-order valence-electron chi connectivity index (χ3n) is 3.45. The Morgan fingerprint density at radius 3 is 2.35 bits per heavy atom. The smallest absolute Gasteiger partial charge is 0.258 e. The molecule has 0 aromatic heterocycles. The lowest BCUT2D eigenvalue weighted by Crippen LogP contribution is -2.36. The van der Waals surface area contributed by atoms with Gasteiger partial charge in [0.15, 0.2) is 0 Å².